The van der Waals surface area contributed by atoms with Gasteiger partial charge in [0, 0.05) is 37.6 Å². The van der Waals surface area contributed by atoms with Crippen LogP contribution in [-0.4, -0.2) is 58.2 Å². The molecule has 3 atom stereocenters. The summed E-state index contributed by atoms with van der Waals surface area (Å²) in [5, 5.41) is 8.68. The van der Waals surface area contributed by atoms with Crippen LogP contribution in [0.1, 0.15) is 50.5 Å². The Morgan fingerprint density at radius 1 is 1.18 bits per heavy atom. The van der Waals surface area contributed by atoms with Gasteiger partial charge in [-0.1, -0.05) is 30.3 Å². The normalized spacial score (nSPS) is 24.4. The molecule has 1 unspecified atom stereocenters. The van der Waals surface area contributed by atoms with Crippen molar-refractivity contribution in [1.82, 2.24) is 4.90 Å². The number of likely N-dealkylation sites (tertiary alicyclic amines) is 1. The van der Waals surface area contributed by atoms with Crippen molar-refractivity contribution < 1.29 is 19.4 Å². The van der Waals surface area contributed by atoms with E-state index in [2.05, 4.69) is 29.2 Å². The van der Waals surface area contributed by atoms with Crippen LogP contribution in [0.25, 0.3) is 0 Å². The van der Waals surface area contributed by atoms with E-state index in [0.29, 0.717) is 31.1 Å². The molecular weight excluding hydrogens is 374 g/mol. The molecule has 1 aromatic carbocycles. The summed E-state index contributed by atoms with van der Waals surface area (Å²) < 4.78 is 5.86. The van der Waals surface area contributed by atoms with Crippen LogP contribution in [0.4, 0.5) is 0 Å². The monoisotopic (exact) mass is 405 g/mol. The number of hydrogen-bond acceptors (Lipinski definition) is 4. The van der Waals surface area contributed by atoms with Crippen molar-refractivity contribution in [1.29, 1.82) is 0 Å². The quantitative estimate of drug-likeness (QED) is 0.424. The number of thioether (sulfide) groups is 1. The Balaban J connectivity index is 1.36. The Labute approximate surface area is 171 Å². The number of carbonyl (C=O) groups is 2. The Kier molecular flexibility index (Phi) is 8.22. The molecule has 1 aromatic rings. The first-order valence-corrected chi connectivity index (χ1v) is 11.6. The fourth-order valence-corrected chi connectivity index (χ4v) is 4.88. The van der Waals surface area contributed by atoms with Crippen molar-refractivity contribution in [2.45, 2.75) is 69.6 Å². The van der Waals surface area contributed by atoms with Crippen LogP contribution in [0.15, 0.2) is 30.3 Å². The van der Waals surface area contributed by atoms with Gasteiger partial charge in [0.1, 0.15) is 0 Å². The standard InChI is InChI=1S/C22H31NO4S/c24-21-9-4-8-18(23(21)13-15-28-14-5-10-22(25)26)11-12-19-20(27-19)16-17-6-2-1-3-7-17/h1-3,6-7,18-20H,4-5,8-16H2,(H,25,26)/t18-,19?,20+/m1/s1. The second-order valence-electron chi connectivity index (χ2n) is 7.72. The predicted octanol–water partition coefficient (Wildman–Crippen LogP) is 3.76. The van der Waals surface area contributed by atoms with Crippen LogP contribution < -0.4 is 0 Å². The van der Waals surface area contributed by atoms with Crippen LogP contribution in [-0.2, 0) is 20.7 Å². The van der Waals surface area contributed by atoms with Gasteiger partial charge in [0.05, 0.1) is 12.2 Å². The summed E-state index contributed by atoms with van der Waals surface area (Å²) in [7, 11) is 0. The van der Waals surface area contributed by atoms with Crippen LogP contribution in [0, 0.1) is 0 Å². The SMILES string of the molecule is O=C(O)CCCSCCN1C(=O)CCC[C@@H]1CCC1O[C@H]1Cc1ccccc1. The molecule has 1 amide bonds. The minimum atomic E-state index is -0.736. The van der Waals surface area contributed by atoms with Gasteiger partial charge in [0.2, 0.25) is 5.91 Å². The fraction of sp³-hybridized carbons (Fsp3) is 0.636. The summed E-state index contributed by atoms with van der Waals surface area (Å²) >= 11 is 1.75. The third-order valence-corrected chi connectivity index (χ3v) is 6.65. The number of hydrogen-bond donors (Lipinski definition) is 1. The molecular formula is C22H31NO4S. The van der Waals surface area contributed by atoms with Gasteiger partial charge >= 0.3 is 5.97 Å². The number of benzene rings is 1. The van der Waals surface area contributed by atoms with Crippen LogP contribution >= 0.6 is 11.8 Å². The Hall–Kier alpha value is -1.53. The van der Waals surface area contributed by atoms with Crippen molar-refractivity contribution in [2.24, 2.45) is 0 Å². The van der Waals surface area contributed by atoms with Crippen molar-refractivity contribution in [2.75, 3.05) is 18.1 Å². The lowest BCUT2D eigenvalue weighted by molar-refractivity contribution is -0.137. The van der Waals surface area contributed by atoms with Gasteiger partial charge < -0.3 is 14.7 Å². The first-order chi connectivity index (χ1) is 13.6. The number of carboxylic acids is 1. The van der Waals surface area contributed by atoms with E-state index >= 15 is 0 Å². The molecule has 0 spiro atoms. The van der Waals surface area contributed by atoms with E-state index < -0.39 is 5.97 Å². The first-order valence-electron chi connectivity index (χ1n) is 10.4. The van der Waals surface area contributed by atoms with Crippen molar-refractivity contribution >= 4 is 23.6 Å². The van der Waals surface area contributed by atoms with Crippen LogP contribution in [0.5, 0.6) is 0 Å². The summed E-state index contributed by atoms with van der Waals surface area (Å²) in [6.45, 7) is 0.778. The maximum absolute atomic E-state index is 12.4. The molecule has 2 saturated heterocycles. The fourth-order valence-electron chi connectivity index (χ4n) is 4.01. The van der Waals surface area contributed by atoms with E-state index in [4.69, 9.17) is 9.84 Å². The first kappa shape index (κ1) is 21.2. The lowest BCUT2D eigenvalue weighted by Crippen LogP contribution is -2.45. The zero-order valence-electron chi connectivity index (χ0n) is 16.4. The Bertz CT molecular complexity index is 639. The number of amides is 1. The average molecular weight is 406 g/mol. The van der Waals surface area contributed by atoms with Gasteiger partial charge in [-0.05, 0) is 43.4 Å². The summed E-state index contributed by atoms with van der Waals surface area (Å²) in [5.74, 6) is 1.27. The Morgan fingerprint density at radius 3 is 2.79 bits per heavy atom. The molecule has 0 aliphatic carbocycles. The average Bonchev–Trinajstić information content (AvgIpc) is 3.42. The second-order valence-corrected chi connectivity index (χ2v) is 8.95. The predicted molar refractivity (Wildman–Crippen MR) is 112 cm³/mol. The van der Waals surface area contributed by atoms with Gasteiger partial charge in [-0.3, -0.25) is 9.59 Å². The third-order valence-electron chi connectivity index (χ3n) is 5.60. The second kappa shape index (κ2) is 10.9. The molecule has 154 valence electrons. The maximum atomic E-state index is 12.4. The minimum absolute atomic E-state index is 0.226. The number of nitrogens with zero attached hydrogens (tertiary/aromatic N) is 1. The van der Waals surface area contributed by atoms with E-state index in [9.17, 15) is 9.59 Å². The number of rotatable bonds is 12. The van der Waals surface area contributed by atoms with Crippen molar-refractivity contribution in [3.8, 4) is 0 Å². The Morgan fingerprint density at radius 2 is 2.00 bits per heavy atom. The highest BCUT2D eigenvalue weighted by atomic mass is 32.2. The summed E-state index contributed by atoms with van der Waals surface area (Å²) in [5.41, 5.74) is 1.32. The van der Waals surface area contributed by atoms with Crippen LogP contribution in [0.3, 0.4) is 0 Å². The third kappa shape index (κ3) is 6.82. The zero-order chi connectivity index (χ0) is 19.8. The molecule has 2 heterocycles. The molecule has 2 aliphatic heterocycles. The highest BCUT2D eigenvalue weighted by Gasteiger charge is 2.39. The number of carboxylic acid groups (broad SMARTS) is 1. The maximum Gasteiger partial charge on any atom is 0.303 e. The van der Waals surface area contributed by atoms with Gasteiger partial charge in [-0.2, -0.15) is 11.8 Å². The molecule has 1 N–H and O–H groups in total. The molecule has 5 nitrogen and oxygen atoms in total. The molecule has 0 bridgehead atoms. The largest absolute Gasteiger partial charge is 0.481 e. The smallest absolute Gasteiger partial charge is 0.303 e. The number of piperidine rings is 1. The number of carbonyl (C=O) groups excluding carboxylic acids is 1. The highest BCUT2D eigenvalue weighted by molar-refractivity contribution is 7.99. The molecule has 0 saturated carbocycles. The summed E-state index contributed by atoms with van der Waals surface area (Å²) in [6, 6.07) is 10.8. The number of aliphatic carboxylic acids is 1. The van der Waals surface area contributed by atoms with Gasteiger partial charge in [-0.25, -0.2) is 0 Å². The topological polar surface area (TPSA) is 70.1 Å². The lowest BCUT2D eigenvalue weighted by Gasteiger charge is -2.35. The van der Waals surface area contributed by atoms with Gasteiger partial charge in [0.25, 0.3) is 0 Å². The summed E-state index contributed by atoms with van der Waals surface area (Å²) in [6.07, 6.45) is 7.36. The molecule has 28 heavy (non-hydrogen) atoms. The van der Waals surface area contributed by atoms with Crippen molar-refractivity contribution in [3.05, 3.63) is 35.9 Å². The van der Waals surface area contributed by atoms with Gasteiger partial charge in [-0.15, -0.1) is 0 Å². The van der Waals surface area contributed by atoms with E-state index in [1.54, 1.807) is 11.8 Å². The zero-order valence-corrected chi connectivity index (χ0v) is 17.2. The van der Waals surface area contributed by atoms with E-state index in [1.807, 2.05) is 6.07 Å². The van der Waals surface area contributed by atoms with E-state index in [-0.39, 0.29) is 12.3 Å². The molecule has 3 rings (SSSR count). The molecule has 0 radical (unpaired) electrons. The molecule has 2 aliphatic rings. The molecule has 2 fully saturated rings. The lowest BCUT2D eigenvalue weighted by atomic mass is 9.96. The van der Waals surface area contributed by atoms with Crippen molar-refractivity contribution in [3.63, 3.8) is 0 Å². The minimum Gasteiger partial charge on any atom is -0.481 e. The van der Waals surface area contributed by atoms with E-state index in [1.165, 1.54) is 5.56 Å². The molecule has 0 aromatic heterocycles. The van der Waals surface area contributed by atoms with Crippen LogP contribution in [0.2, 0.25) is 0 Å². The number of epoxide rings is 1. The summed E-state index contributed by atoms with van der Waals surface area (Å²) in [4.78, 5) is 25.0. The molecule has 6 heteroatoms. The highest BCUT2D eigenvalue weighted by Crippen LogP contribution is 2.32. The van der Waals surface area contributed by atoms with Gasteiger partial charge in [0.15, 0.2) is 0 Å². The van der Waals surface area contributed by atoms with E-state index in [0.717, 1.165) is 50.2 Å². The number of ether oxygens (including phenoxy) is 1.